The van der Waals surface area contributed by atoms with Crippen LogP contribution in [-0.2, 0) is 6.54 Å². The molecule has 0 amide bonds. The van der Waals surface area contributed by atoms with Crippen molar-refractivity contribution in [2.24, 2.45) is 0 Å². The van der Waals surface area contributed by atoms with E-state index in [2.05, 4.69) is 24.9 Å². The standard InChI is InChI=1S/C16H20ClN5O/c17-14-10-13(4-5-18-14)22-7-1-6-21(8-9-22)11-15-19-16(23-20-15)12-2-3-12/h4-5,10,12H,1-3,6-9,11H2. The summed E-state index contributed by atoms with van der Waals surface area (Å²) in [5.74, 6) is 2.16. The molecule has 23 heavy (non-hydrogen) atoms. The molecule has 1 aliphatic heterocycles. The Bertz CT molecular complexity index is 672. The fourth-order valence-electron chi connectivity index (χ4n) is 3.00. The third kappa shape index (κ3) is 3.64. The molecule has 1 saturated heterocycles. The topological polar surface area (TPSA) is 58.3 Å². The smallest absolute Gasteiger partial charge is 0.229 e. The zero-order chi connectivity index (χ0) is 15.6. The lowest BCUT2D eigenvalue weighted by atomic mass is 10.3. The van der Waals surface area contributed by atoms with Gasteiger partial charge < -0.3 is 9.42 Å². The van der Waals surface area contributed by atoms with E-state index >= 15 is 0 Å². The zero-order valence-electron chi connectivity index (χ0n) is 13.0. The molecule has 2 aromatic heterocycles. The third-order valence-corrected chi connectivity index (χ3v) is 4.65. The van der Waals surface area contributed by atoms with E-state index in [4.69, 9.17) is 16.1 Å². The van der Waals surface area contributed by atoms with Crippen LogP contribution in [-0.4, -0.2) is 46.2 Å². The summed E-state index contributed by atoms with van der Waals surface area (Å²) in [6, 6.07) is 3.95. The first-order chi connectivity index (χ1) is 11.3. The second-order valence-electron chi connectivity index (χ2n) is 6.28. The molecular formula is C16H20ClN5O. The normalized spacial score (nSPS) is 19.8. The van der Waals surface area contributed by atoms with Crippen molar-refractivity contribution in [3.05, 3.63) is 35.2 Å². The van der Waals surface area contributed by atoms with Gasteiger partial charge >= 0.3 is 0 Å². The van der Waals surface area contributed by atoms with Gasteiger partial charge in [-0.3, -0.25) is 4.90 Å². The predicted molar refractivity (Wildman–Crippen MR) is 87.6 cm³/mol. The van der Waals surface area contributed by atoms with Gasteiger partial charge in [0.1, 0.15) is 5.15 Å². The van der Waals surface area contributed by atoms with E-state index < -0.39 is 0 Å². The first kappa shape index (κ1) is 14.9. The Labute approximate surface area is 140 Å². The van der Waals surface area contributed by atoms with E-state index in [0.29, 0.717) is 11.1 Å². The fourth-order valence-corrected chi connectivity index (χ4v) is 3.17. The van der Waals surface area contributed by atoms with Crippen molar-refractivity contribution in [1.82, 2.24) is 20.0 Å². The van der Waals surface area contributed by atoms with Crippen molar-refractivity contribution in [3.8, 4) is 0 Å². The highest BCUT2D eigenvalue weighted by Crippen LogP contribution is 2.38. The number of halogens is 1. The molecule has 6 nitrogen and oxygen atoms in total. The van der Waals surface area contributed by atoms with Crippen LogP contribution in [0.1, 0.15) is 36.9 Å². The van der Waals surface area contributed by atoms with Crippen LogP contribution in [0.5, 0.6) is 0 Å². The summed E-state index contributed by atoms with van der Waals surface area (Å²) >= 11 is 6.00. The van der Waals surface area contributed by atoms with Crippen LogP contribution in [0.2, 0.25) is 5.15 Å². The van der Waals surface area contributed by atoms with Crippen molar-refractivity contribution in [2.45, 2.75) is 31.7 Å². The van der Waals surface area contributed by atoms with Crippen LogP contribution in [0.25, 0.3) is 0 Å². The second-order valence-corrected chi connectivity index (χ2v) is 6.66. The Morgan fingerprint density at radius 1 is 1.22 bits per heavy atom. The van der Waals surface area contributed by atoms with Crippen molar-refractivity contribution < 1.29 is 4.52 Å². The van der Waals surface area contributed by atoms with Crippen molar-refractivity contribution >= 4 is 17.3 Å². The summed E-state index contributed by atoms with van der Waals surface area (Å²) in [4.78, 5) is 13.3. The minimum atomic E-state index is 0.521. The predicted octanol–water partition coefficient (Wildman–Crippen LogP) is 2.71. The lowest BCUT2D eigenvalue weighted by molar-refractivity contribution is 0.271. The van der Waals surface area contributed by atoms with Crippen molar-refractivity contribution in [1.29, 1.82) is 0 Å². The van der Waals surface area contributed by atoms with Gasteiger partial charge in [-0.25, -0.2) is 4.98 Å². The number of pyridine rings is 1. The number of hydrogen-bond acceptors (Lipinski definition) is 6. The summed E-state index contributed by atoms with van der Waals surface area (Å²) in [6.45, 7) is 4.78. The zero-order valence-corrected chi connectivity index (χ0v) is 13.7. The highest BCUT2D eigenvalue weighted by Gasteiger charge is 2.29. The van der Waals surface area contributed by atoms with E-state index in [1.54, 1.807) is 6.20 Å². The molecule has 0 N–H and O–H groups in total. The van der Waals surface area contributed by atoms with Crippen LogP contribution in [0, 0.1) is 0 Å². The highest BCUT2D eigenvalue weighted by molar-refractivity contribution is 6.29. The summed E-state index contributed by atoms with van der Waals surface area (Å²) < 4.78 is 5.35. The van der Waals surface area contributed by atoms with Crippen LogP contribution in [0.15, 0.2) is 22.9 Å². The Kier molecular flexibility index (Phi) is 4.18. The maximum atomic E-state index is 6.00. The van der Waals surface area contributed by atoms with E-state index in [1.807, 2.05) is 12.1 Å². The van der Waals surface area contributed by atoms with E-state index in [-0.39, 0.29) is 0 Å². The SMILES string of the molecule is Clc1cc(N2CCCN(Cc3noc(C4CC4)n3)CC2)ccn1. The first-order valence-electron chi connectivity index (χ1n) is 8.19. The Morgan fingerprint density at radius 3 is 2.96 bits per heavy atom. The average Bonchev–Trinajstić information content (AvgIpc) is 3.33. The molecule has 122 valence electrons. The van der Waals surface area contributed by atoms with Gasteiger partial charge in [-0.1, -0.05) is 16.8 Å². The van der Waals surface area contributed by atoms with Crippen LogP contribution < -0.4 is 4.90 Å². The molecule has 3 heterocycles. The summed E-state index contributed by atoms with van der Waals surface area (Å²) in [5.41, 5.74) is 1.14. The maximum Gasteiger partial charge on any atom is 0.229 e. The number of hydrogen-bond donors (Lipinski definition) is 0. The molecule has 2 fully saturated rings. The second kappa shape index (κ2) is 6.45. The van der Waals surface area contributed by atoms with E-state index in [1.165, 1.54) is 12.8 Å². The summed E-state index contributed by atoms with van der Waals surface area (Å²) in [7, 11) is 0. The minimum absolute atomic E-state index is 0.521. The largest absolute Gasteiger partial charge is 0.370 e. The lowest BCUT2D eigenvalue weighted by Gasteiger charge is -2.23. The molecule has 7 heteroatoms. The van der Waals surface area contributed by atoms with Crippen molar-refractivity contribution in [2.75, 3.05) is 31.1 Å². The van der Waals surface area contributed by atoms with Gasteiger partial charge in [0.15, 0.2) is 5.82 Å². The number of aromatic nitrogens is 3. The average molecular weight is 334 g/mol. The number of rotatable bonds is 4. The van der Waals surface area contributed by atoms with Gasteiger partial charge in [0.05, 0.1) is 6.54 Å². The molecule has 0 bridgehead atoms. The van der Waals surface area contributed by atoms with Gasteiger partial charge in [0, 0.05) is 44.0 Å². The molecule has 0 atom stereocenters. The van der Waals surface area contributed by atoms with Gasteiger partial charge in [0.25, 0.3) is 0 Å². The molecular weight excluding hydrogens is 314 g/mol. The molecule has 0 spiro atoms. The lowest BCUT2D eigenvalue weighted by Crippen LogP contribution is -2.30. The molecule has 0 aromatic carbocycles. The minimum Gasteiger partial charge on any atom is -0.370 e. The monoisotopic (exact) mass is 333 g/mol. The number of anilines is 1. The van der Waals surface area contributed by atoms with Gasteiger partial charge in [-0.15, -0.1) is 0 Å². The molecule has 2 aliphatic rings. The van der Waals surface area contributed by atoms with Crippen LogP contribution in [0.3, 0.4) is 0 Å². The van der Waals surface area contributed by atoms with Gasteiger partial charge in [-0.2, -0.15) is 4.98 Å². The molecule has 2 aromatic rings. The van der Waals surface area contributed by atoms with Crippen molar-refractivity contribution in [3.63, 3.8) is 0 Å². The van der Waals surface area contributed by atoms with Gasteiger partial charge in [-0.05, 0) is 31.4 Å². The molecule has 0 radical (unpaired) electrons. The van der Waals surface area contributed by atoms with Crippen LogP contribution in [0.4, 0.5) is 5.69 Å². The molecule has 1 aliphatic carbocycles. The van der Waals surface area contributed by atoms with Crippen LogP contribution >= 0.6 is 11.6 Å². The third-order valence-electron chi connectivity index (χ3n) is 4.44. The van der Waals surface area contributed by atoms with E-state index in [9.17, 15) is 0 Å². The van der Waals surface area contributed by atoms with Gasteiger partial charge in [0.2, 0.25) is 5.89 Å². The summed E-state index contributed by atoms with van der Waals surface area (Å²) in [6.07, 6.45) is 5.25. The highest BCUT2D eigenvalue weighted by atomic mass is 35.5. The molecule has 1 saturated carbocycles. The molecule has 4 rings (SSSR count). The Morgan fingerprint density at radius 2 is 2.13 bits per heavy atom. The fraction of sp³-hybridized carbons (Fsp3) is 0.562. The van der Waals surface area contributed by atoms with E-state index in [0.717, 1.165) is 56.5 Å². The first-order valence-corrected chi connectivity index (χ1v) is 8.57. The summed E-state index contributed by atoms with van der Waals surface area (Å²) in [5, 5.41) is 4.67. The Balaban J connectivity index is 1.36. The maximum absolute atomic E-state index is 6.00. The Hall–Kier alpha value is -1.66. The quantitative estimate of drug-likeness (QED) is 0.802. The number of nitrogens with zero attached hydrogens (tertiary/aromatic N) is 5. The molecule has 0 unspecified atom stereocenters.